The predicted octanol–water partition coefficient (Wildman–Crippen LogP) is 3.18. The lowest BCUT2D eigenvalue weighted by atomic mass is 9.85. The zero-order valence-corrected chi connectivity index (χ0v) is 14.3. The van der Waals surface area contributed by atoms with E-state index in [1.165, 1.54) is 12.1 Å². The van der Waals surface area contributed by atoms with Gasteiger partial charge in [-0.05, 0) is 18.6 Å². The molecule has 1 fully saturated rings. The Balaban J connectivity index is 1.96. The van der Waals surface area contributed by atoms with Gasteiger partial charge in [-0.1, -0.05) is 36.4 Å². The van der Waals surface area contributed by atoms with Gasteiger partial charge < -0.3 is 19.4 Å². The van der Waals surface area contributed by atoms with Crippen molar-refractivity contribution >= 4 is 6.29 Å². The number of nitrogens with zero attached hydrogens (tertiary/aromatic N) is 1. The SMILES string of the molecule is C[C@H]1O[C@H](c2ccccc2)[C@H](Oc2cccc(C(F)(F)F)n2)[C@@H](C=O)[C@H]1O. The van der Waals surface area contributed by atoms with Crippen LogP contribution in [0.2, 0.25) is 0 Å². The molecule has 1 saturated heterocycles. The van der Waals surface area contributed by atoms with Gasteiger partial charge in [-0.3, -0.25) is 0 Å². The number of aliphatic hydroxyl groups excluding tert-OH is 1. The molecule has 1 aliphatic rings. The Kier molecular flexibility index (Phi) is 5.48. The Morgan fingerprint density at radius 2 is 1.85 bits per heavy atom. The molecule has 0 saturated carbocycles. The fourth-order valence-electron chi connectivity index (χ4n) is 3.09. The minimum absolute atomic E-state index is 0.298. The molecule has 2 heterocycles. The van der Waals surface area contributed by atoms with Gasteiger partial charge in [0.15, 0.2) is 0 Å². The smallest absolute Gasteiger partial charge is 0.433 e. The van der Waals surface area contributed by atoms with Gasteiger partial charge in [-0.2, -0.15) is 13.2 Å². The van der Waals surface area contributed by atoms with Crippen LogP contribution in [-0.4, -0.2) is 34.7 Å². The second-order valence-electron chi connectivity index (χ2n) is 6.32. The van der Waals surface area contributed by atoms with E-state index in [1.807, 2.05) is 0 Å². The van der Waals surface area contributed by atoms with Gasteiger partial charge in [0.25, 0.3) is 0 Å². The molecule has 1 N–H and O–H groups in total. The van der Waals surface area contributed by atoms with Crippen LogP contribution in [0.4, 0.5) is 13.2 Å². The number of alkyl halides is 3. The number of carbonyl (C=O) groups excluding carboxylic acids is 1. The third-order valence-corrected chi connectivity index (χ3v) is 4.47. The van der Waals surface area contributed by atoms with Crippen molar-refractivity contribution in [3.63, 3.8) is 0 Å². The van der Waals surface area contributed by atoms with E-state index in [4.69, 9.17) is 9.47 Å². The first kappa shape index (κ1) is 19.3. The molecule has 0 aliphatic carbocycles. The topological polar surface area (TPSA) is 68.7 Å². The van der Waals surface area contributed by atoms with Gasteiger partial charge >= 0.3 is 6.18 Å². The molecule has 8 heteroatoms. The highest BCUT2D eigenvalue weighted by Gasteiger charge is 2.46. The van der Waals surface area contributed by atoms with Crippen LogP contribution in [0.5, 0.6) is 5.88 Å². The number of rotatable bonds is 4. The van der Waals surface area contributed by atoms with Crippen LogP contribution < -0.4 is 4.74 Å². The largest absolute Gasteiger partial charge is 0.470 e. The van der Waals surface area contributed by atoms with Crippen LogP contribution in [0.25, 0.3) is 0 Å². The average molecular weight is 381 g/mol. The summed E-state index contributed by atoms with van der Waals surface area (Å²) in [4.78, 5) is 15.1. The number of hydrogen-bond acceptors (Lipinski definition) is 5. The highest BCUT2D eigenvalue weighted by molar-refractivity contribution is 5.57. The fourth-order valence-corrected chi connectivity index (χ4v) is 3.09. The lowest BCUT2D eigenvalue weighted by Crippen LogP contribution is -2.52. The van der Waals surface area contributed by atoms with Gasteiger partial charge in [0.05, 0.1) is 18.1 Å². The summed E-state index contributed by atoms with van der Waals surface area (Å²) >= 11 is 0. The summed E-state index contributed by atoms with van der Waals surface area (Å²) in [6.45, 7) is 1.62. The predicted molar refractivity (Wildman–Crippen MR) is 88.9 cm³/mol. The molecule has 5 nitrogen and oxygen atoms in total. The minimum atomic E-state index is -4.63. The van der Waals surface area contributed by atoms with Crippen LogP contribution in [-0.2, 0) is 15.7 Å². The number of halogens is 3. The average Bonchev–Trinajstić information content (AvgIpc) is 2.65. The number of benzene rings is 1. The quantitative estimate of drug-likeness (QED) is 0.824. The molecule has 0 amide bonds. The highest BCUT2D eigenvalue weighted by Crippen LogP contribution is 2.37. The molecule has 1 aliphatic heterocycles. The van der Waals surface area contributed by atoms with Crippen LogP contribution in [0.15, 0.2) is 48.5 Å². The van der Waals surface area contributed by atoms with Crippen molar-refractivity contribution in [2.45, 2.75) is 37.5 Å². The summed E-state index contributed by atoms with van der Waals surface area (Å²) in [5.41, 5.74) is -0.426. The van der Waals surface area contributed by atoms with Gasteiger partial charge in [-0.25, -0.2) is 4.98 Å². The van der Waals surface area contributed by atoms with E-state index >= 15 is 0 Å². The molecule has 1 aromatic heterocycles. The van der Waals surface area contributed by atoms with Crippen LogP contribution in [0.3, 0.4) is 0 Å². The van der Waals surface area contributed by atoms with Crippen molar-refractivity contribution < 1.29 is 32.5 Å². The summed E-state index contributed by atoms with van der Waals surface area (Å²) in [7, 11) is 0. The number of aldehydes is 1. The maximum absolute atomic E-state index is 12.9. The van der Waals surface area contributed by atoms with Crippen molar-refractivity contribution in [1.82, 2.24) is 4.98 Å². The van der Waals surface area contributed by atoms with Crippen molar-refractivity contribution in [2.75, 3.05) is 0 Å². The molecule has 27 heavy (non-hydrogen) atoms. The molecule has 1 aromatic carbocycles. The monoisotopic (exact) mass is 381 g/mol. The highest BCUT2D eigenvalue weighted by atomic mass is 19.4. The van der Waals surface area contributed by atoms with Crippen molar-refractivity contribution in [2.24, 2.45) is 5.92 Å². The number of ether oxygens (including phenoxy) is 2. The third-order valence-electron chi connectivity index (χ3n) is 4.47. The van der Waals surface area contributed by atoms with Crippen LogP contribution in [0.1, 0.15) is 24.3 Å². The standard InChI is InChI=1S/C19H18F3NO4/c1-11-16(25)13(10-24)18(17(26-11)12-6-3-2-4-7-12)27-15-9-5-8-14(23-15)19(20,21)22/h2-11,13,16-18,25H,1H3/t11-,13+,16+,17-,18-/m1/s1. The van der Waals surface area contributed by atoms with E-state index in [2.05, 4.69) is 4.98 Å². The van der Waals surface area contributed by atoms with E-state index in [0.29, 0.717) is 11.8 Å². The Morgan fingerprint density at radius 3 is 2.48 bits per heavy atom. The molecule has 5 atom stereocenters. The lowest BCUT2D eigenvalue weighted by molar-refractivity contribution is -0.188. The van der Waals surface area contributed by atoms with Gasteiger partial charge in [-0.15, -0.1) is 0 Å². The first-order valence-corrected chi connectivity index (χ1v) is 8.36. The zero-order valence-electron chi connectivity index (χ0n) is 14.3. The number of carbonyl (C=O) groups is 1. The van der Waals surface area contributed by atoms with Gasteiger partial charge in [0.1, 0.15) is 24.2 Å². The van der Waals surface area contributed by atoms with E-state index in [1.54, 1.807) is 37.3 Å². The van der Waals surface area contributed by atoms with E-state index < -0.39 is 42.2 Å². The third kappa shape index (κ3) is 4.12. The normalized spacial score (nSPS) is 28.6. The number of hydrogen-bond donors (Lipinski definition) is 1. The molecular weight excluding hydrogens is 363 g/mol. The molecular formula is C19H18F3NO4. The van der Waals surface area contributed by atoms with E-state index in [9.17, 15) is 23.1 Å². The van der Waals surface area contributed by atoms with Crippen LogP contribution >= 0.6 is 0 Å². The maximum atomic E-state index is 12.9. The first-order chi connectivity index (χ1) is 12.8. The summed E-state index contributed by atoms with van der Waals surface area (Å²) < 4.78 is 50.2. The molecule has 0 bridgehead atoms. The molecule has 2 aromatic rings. The maximum Gasteiger partial charge on any atom is 0.433 e. The Morgan fingerprint density at radius 1 is 1.15 bits per heavy atom. The number of aromatic nitrogens is 1. The van der Waals surface area contributed by atoms with E-state index in [-0.39, 0.29) is 5.88 Å². The van der Waals surface area contributed by atoms with Crippen molar-refractivity contribution in [1.29, 1.82) is 0 Å². The van der Waals surface area contributed by atoms with Gasteiger partial charge in [0, 0.05) is 6.07 Å². The summed E-state index contributed by atoms with van der Waals surface area (Å²) in [5, 5.41) is 10.3. The minimum Gasteiger partial charge on any atom is -0.470 e. The zero-order chi connectivity index (χ0) is 19.6. The Hall–Kier alpha value is -2.45. The molecule has 0 spiro atoms. The lowest BCUT2D eigenvalue weighted by Gasteiger charge is -2.41. The molecule has 0 radical (unpaired) electrons. The summed E-state index contributed by atoms with van der Waals surface area (Å²) in [5.74, 6) is -1.29. The number of aliphatic hydroxyl groups is 1. The molecule has 3 rings (SSSR count). The first-order valence-electron chi connectivity index (χ1n) is 8.36. The van der Waals surface area contributed by atoms with Crippen LogP contribution in [0, 0.1) is 5.92 Å². The second-order valence-corrected chi connectivity index (χ2v) is 6.32. The summed E-state index contributed by atoms with van der Waals surface area (Å²) in [6, 6.07) is 12.1. The fraction of sp³-hybridized carbons (Fsp3) is 0.368. The van der Waals surface area contributed by atoms with E-state index in [0.717, 1.165) is 6.07 Å². The Bertz CT molecular complexity index is 784. The summed E-state index contributed by atoms with van der Waals surface area (Å²) in [6.07, 6.45) is -7.68. The Labute approximate surface area is 153 Å². The molecule has 144 valence electrons. The van der Waals surface area contributed by atoms with Crippen molar-refractivity contribution in [3.05, 3.63) is 59.8 Å². The van der Waals surface area contributed by atoms with Gasteiger partial charge in [0.2, 0.25) is 5.88 Å². The van der Waals surface area contributed by atoms with Crippen molar-refractivity contribution in [3.8, 4) is 5.88 Å². The molecule has 0 unspecified atom stereocenters. The second kappa shape index (κ2) is 7.66. The number of pyridine rings is 1.